The molecule has 4 aromatic heterocycles. The highest BCUT2D eigenvalue weighted by molar-refractivity contribution is 5.76. The first kappa shape index (κ1) is 11.8. The molecule has 4 rings (SSSR count). The molecule has 0 fully saturated rings. The smallest absolute Gasteiger partial charge is 0.181 e. The van der Waals surface area contributed by atoms with Gasteiger partial charge in [0.15, 0.2) is 11.4 Å². The van der Waals surface area contributed by atoms with Gasteiger partial charge in [0.2, 0.25) is 0 Å². The van der Waals surface area contributed by atoms with E-state index in [2.05, 4.69) is 9.97 Å². The summed E-state index contributed by atoms with van der Waals surface area (Å²) in [7, 11) is 1.62. The Morgan fingerprint density at radius 3 is 2.81 bits per heavy atom. The van der Waals surface area contributed by atoms with Crippen LogP contribution < -0.4 is 10.5 Å². The zero-order chi connectivity index (χ0) is 14.4. The average Bonchev–Trinajstić information content (AvgIpc) is 3.08. The standard InChI is InChI=1S/C15H13N5O/c1-21-11-5-4-8-20-14(16)13(18-15(11)20)10-9-19-7-3-2-6-12(19)17-10/h2-9H,16H2,1H3. The molecule has 6 nitrogen and oxygen atoms in total. The number of ether oxygens (including phenoxy) is 1. The first-order valence-corrected chi connectivity index (χ1v) is 6.52. The van der Waals surface area contributed by atoms with Crippen molar-refractivity contribution in [3.8, 4) is 17.1 Å². The zero-order valence-electron chi connectivity index (χ0n) is 11.4. The Kier molecular flexibility index (Phi) is 2.38. The summed E-state index contributed by atoms with van der Waals surface area (Å²) in [6.45, 7) is 0. The maximum Gasteiger partial charge on any atom is 0.181 e. The minimum absolute atomic E-state index is 0.548. The van der Waals surface area contributed by atoms with Gasteiger partial charge in [-0.15, -0.1) is 0 Å². The second-order valence-electron chi connectivity index (χ2n) is 4.71. The van der Waals surface area contributed by atoms with Crippen LogP contribution in [0.5, 0.6) is 5.75 Å². The Hall–Kier alpha value is -3.02. The summed E-state index contributed by atoms with van der Waals surface area (Å²) < 4.78 is 9.07. The summed E-state index contributed by atoms with van der Waals surface area (Å²) >= 11 is 0. The van der Waals surface area contributed by atoms with Crippen LogP contribution in [0.15, 0.2) is 48.9 Å². The number of aromatic nitrogens is 4. The molecular formula is C15H13N5O. The molecule has 0 aliphatic carbocycles. The normalized spacial score (nSPS) is 11.3. The molecule has 0 aliphatic rings. The molecule has 4 heterocycles. The van der Waals surface area contributed by atoms with E-state index in [4.69, 9.17) is 10.5 Å². The first-order chi connectivity index (χ1) is 10.3. The Morgan fingerprint density at radius 1 is 1.10 bits per heavy atom. The van der Waals surface area contributed by atoms with Crippen LogP contribution in [0.4, 0.5) is 5.82 Å². The molecule has 0 saturated carbocycles. The summed E-state index contributed by atoms with van der Waals surface area (Å²) in [6.07, 6.45) is 5.72. The Labute approximate surface area is 120 Å². The lowest BCUT2D eigenvalue weighted by Crippen LogP contribution is -1.95. The van der Waals surface area contributed by atoms with E-state index in [0.717, 1.165) is 11.3 Å². The van der Waals surface area contributed by atoms with Crippen LogP contribution in [0.25, 0.3) is 22.7 Å². The third-order valence-electron chi connectivity index (χ3n) is 3.48. The molecule has 104 valence electrons. The second kappa shape index (κ2) is 4.24. The number of anilines is 1. The Morgan fingerprint density at radius 2 is 2.00 bits per heavy atom. The maximum atomic E-state index is 6.21. The van der Waals surface area contributed by atoms with Gasteiger partial charge in [-0.05, 0) is 24.3 Å². The summed E-state index contributed by atoms with van der Waals surface area (Å²) in [5.41, 5.74) is 9.15. The van der Waals surface area contributed by atoms with E-state index in [1.807, 2.05) is 53.3 Å². The number of methoxy groups -OCH3 is 1. The topological polar surface area (TPSA) is 69.8 Å². The summed E-state index contributed by atoms with van der Waals surface area (Å²) in [5, 5.41) is 0. The lowest BCUT2D eigenvalue weighted by Gasteiger charge is -2.01. The molecular weight excluding hydrogens is 266 g/mol. The number of rotatable bonds is 2. The van der Waals surface area contributed by atoms with Gasteiger partial charge in [-0.2, -0.15) is 0 Å². The van der Waals surface area contributed by atoms with Gasteiger partial charge in [0, 0.05) is 18.6 Å². The summed E-state index contributed by atoms with van der Waals surface area (Å²) in [6, 6.07) is 9.57. The number of nitrogens with two attached hydrogens (primary N) is 1. The molecule has 0 aliphatic heterocycles. The average molecular weight is 279 g/mol. The molecule has 6 heteroatoms. The minimum atomic E-state index is 0.548. The quantitative estimate of drug-likeness (QED) is 0.611. The van der Waals surface area contributed by atoms with Crippen LogP contribution in [-0.4, -0.2) is 25.9 Å². The van der Waals surface area contributed by atoms with E-state index < -0.39 is 0 Å². The van der Waals surface area contributed by atoms with Crippen molar-refractivity contribution < 1.29 is 4.74 Å². The maximum absolute atomic E-state index is 6.21. The van der Waals surface area contributed by atoms with Gasteiger partial charge in [0.05, 0.1) is 7.11 Å². The number of pyridine rings is 2. The van der Waals surface area contributed by atoms with Crippen LogP contribution in [0.1, 0.15) is 0 Å². The first-order valence-electron chi connectivity index (χ1n) is 6.52. The van der Waals surface area contributed by atoms with Crippen molar-refractivity contribution in [2.75, 3.05) is 12.8 Å². The van der Waals surface area contributed by atoms with Crippen molar-refractivity contribution in [2.45, 2.75) is 0 Å². The second-order valence-corrected chi connectivity index (χ2v) is 4.71. The fraction of sp³-hybridized carbons (Fsp3) is 0.0667. The van der Waals surface area contributed by atoms with Crippen LogP contribution in [0.3, 0.4) is 0 Å². The van der Waals surface area contributed by atoms with Gasteiger partial charge < -0.3 is 14.9 Å². The van der Waals surface area contributed by atoms with E-state index in [1.165, 1.54) is 0 Å². The molecule has 0 radical (unpaired) electrons. The molecule has 4 aromatic rings. The van der Waals surface area contributed by atoms with Crippen molar-refractivity contribution in [3.63, 3.8) is 0 Å². The number of nitrogen functional groups attached to an aromatic ring is 1. The third kappa shape index (κ3) is 1.66. The van der Waals surface area contributed by atoms with Crippen LogP contribution >= 0.6 is 0 Å². The van der Waals surface area contributed by atoms with Gasteiger partial charge in [-0.3, -0.25) is 4.40 Å². The molecule has 0 bridgehead atoms. The van der Waals surface area contributed by atoms with E-state index in [0.29, 0.717) is 22.9 Å². The highest BCUT2D eigenvalue weighted by Gasteiger charge is 2.16. The van der Waals surface area contributed by atoms with Crippen molar-refractivity contribution in [1.29, 1.82) is 0 Å². The van der Waals surface area contributed by atoms with E-state index in [9.17, 15) is 0 Å². The molecule has 21 heavy (non-hydrogen) atoms. The number of nitrogens with zero attached hydrogens (tertiary/aromatic N) is 4. The largest absolute Gasteiger partial charge is 0.493 e. The lowest BCUT2D eigenvalue weighted by molar-refractivity contribution is 0.417. The monoisotopic (exact) mass is 279 g/mol. The van der Waals surface area contributed by atoms with E-state index in [1.54, 1.807) is 11.5 Å². The highest BCUT2D eigenvalue weighted by atomic mass is 16.5. The van der Waals surface area contributed by atoms with Gasteiger partial charge >= 0.3 is 0 Å². The van der Waals surface area contributed by atoms with E-state index >= 15 is 0 Å². The number of hydrogen-bond donors (Lipinski definition) is 1. The van der Waals surface area contributed by atoms with Gasteiger partial charge in [-0.1, -0.05) is 6.07 Å². The SMILES string of the molecule is COc1cccn2c(N)c(-c3cn4ccccc4n3)nc12. The third-order valence-corrected chi connectivity index (χ3v) is 3.48. The van der Waals surface area contributed by atoms with Crippen molar-refractivity contribution in [3.05, 3.63) is 48.9 Å². The summed E-state index contributed by atoms with van der Waals surface area (Å²) in [5.74, 6) is 1.23. The fourth-order valence-electron chi connectivity index (χ4n) is 2.46. The van der Waals surface area contributed by atoms with Gasteiger partial charge in [0.25, 0.3) is 0 Å². The molecule has 0 spiro atoms. The Balaban J connectivity index is 1.99. The van der Waals surface area contributed by atoms with Crippen molar-refractivity contribution in [1.82, 2.24) is 18.8 Å². The Bertz CT molecular complexity index is 920. The van der Waals surface area contributed by atoms with Crippen molar-refractivity contribution >= 4 is 17.1 Å². The summed E-state index contributed by atoms with van der Waals surface area (Å²) in [4.78, 5) is 9.15. The lowest BCUT2D eigenvalue weighted by atomic mass is 10.3. The highest BCUT2D eigenvalue weighted by Crippen LogP contribution is 2.29. The van der Waals surface area contributed by atoms with Crippen molar-refractivity contribution in [2.24, 2.45) is 0 Å². The number of imidazole rings is 2. The molecule has 0 atom stereocenters. The van der Waals surface area contributed by atoms with Crippen LogP contribution in [-0.2, 0) is 0 Å². The molecule has 0 aromatic carbocycles. The predicted molar refractivity (Wildman–Crippen MR) is 80.3 cm³/mol. The predicted octanol–water partition coefficient (Wildman–Crippen LogP) is 2.24. The van der Waals surface area contributed by atoms with E-state index in [-0.39, 0.29) is 0 Å². The number of fused-ring (bicyclic) bond motifs is 2. The zero-order valence-corrected chi connectivity index (χ0v) is 11.4. The molecule has 2 N–H and O–H groups in total. The molecule has 0 saturated heterocycles. The molecule has 0 amide bonds. The van der Waals surface area contributed by atoms with Gasteiger partial charge in [0.1, 0.15) is 22.9 Å². The van der Waals surface area contributed by atoms with Crippen LogP contribution in [0.2, 0.25) is 0 Å². The number of hydrogen-bond acceptors (Lipinski definition) is 4. The minimum Gasteiger partial charge on any atom is -0.493 e. The van der Waals surface area contributed by atoms with Crippen LogP contribution in [0, 0.1) is 0 Å². The van der Waals surface area contributed by atoms with Gasteiger partial charge in [-0.25, -0.2) is 9.97 Å². The fourth-order valence-corrected chi connectivity index (χ4v) is 2.46. The molecule has 0 unspecified atom stereocenters.